The summed E-state index contributed by atoms with van der Waals surface area (Å²) in [4.78, 5) is 21.4. The maximum Gasteiger partial charge on any atom is 0.296 e. The number of H-pyrrole nitrogens is 1. The molecule has 2 aromatic heterocycles. The molecular weight excluding hydrogens is 256 g/mol. The van der Waals surface area contributed by atoms with Crippen LogP contribution in [0.15, 0.2) is 11.1 Å². The zero-order chi connectivity index (χ0) is 13.6. The average Bonchev–Trinajstić information content (AvgIpc) is 2.92. The second kappa shape index (κ2) is 4.30. The van der Waals surface area contributed by atoms with Gasteiger partial charge >= 0.3 is 0 Å². The highest BCUT2D eigenvalue weighted by Crippen LogP contribution is 2.30. The van der Waals surface area contributed by atoms with E-state index in [4.69, 9.17) is 9.84 Å². The molecule has 0 bridgehead atoms. The van der Waals surface area contributed by atoms with Crippen LogP contribution in [0.25, 0.3) is 11.2 Å². The third kappa shape index (κ3) is 1.87. The van der Waals surface area contributed by atoms with Crippen molar-refractivity contribution in [1.82, 2.24) is 19.5 Å². The highest BCUT2D eigenvalue weighted by Gasteiger charge is 2.35. The molecular formula is C10H12N4O5. The zero-order valence-corrected chi connectivity index (χ0v) is 9.72. The van der Waals surface area contributed by atoms with Crippen LogP contribution >= 0.6 is 0 Å². The predicted molar refractivity (Wildman–Crippen MR) is 61.4 cm³/mol. The highest BCUT2D eigenvalue weighted by atomic mass is 16.5. The molecule has 3 atom stereocenters. The number of imidazole rings is 1. The van der Waals surface area contributed by atoms with E-state index in [9.17, 15) is 15.0 Å². The van der Waals surface area contributed by atoms with Crippen LogP contribution in [0.5, 0.6) is 6.01 Å². The van der Waals surface area contributed by atoms with Crippen LogP contribution < -0.4 is 5.56 Å². The maximum absolute atomic E-state index is 11.6. The van der Waals surface area contributed by atoms with Crippen LogP contribution in [0.4, 0.5) is 0 Å². The molecule has 0 spiro atoms. The first-order chi connectivity index (χ1) is 9.10. The summed E-state index contributed by atoms with van der Waals surface area (Å²) in [5, 5.41) is 28.0. The Morgan fingerprint density at radius 3 is 3.05 bits per heavy atom. The number of rotatable bonds is 2. The van der Waals surface area contributed by atoms with Gasteiger partial charge in [0.05, 0.1) is 19.0 Å². The van der Waals surface area contributed by atoms with Crippen LogP contribution in [-0.2, 0) is 4.74 Å². The first-order valence-electron chi connectivity index (χ1n) is 5.70. The second-order valence-corrected chi connectivity index (χ2v) is 4.33. The van der Waals surface area contributed by atoms with Crippen molar-refractivity contribution < 1.29 is 20.1 Å². The van der Waals surface area contributed by atoms with E-state index >= 15 is 0 Å². The van der Waals surface area contributed by atoms with E-state index in [2.05, 4.69) is 15.0 Å². The normalized spacial score (nSPS) is 27.2. The smallest absolute Gasteiger partial charge is 0.296 e. The first kappa shape index (κ1) is 12.1. The van der Waals surface area contributed by atoms with Gasteiger partial charge < -0.3 is 20.1 Å². The molecule has 4 N–H and O–H groups in total. The summed E-state index contributed by atoms with van der Waals surface area (Å²) in [6.07, 6.45) is -0.484. The summed E-state index contributed by atoms with van der Waals surface area (Å²) in [7, 11) is 0. The van der Waals surface area contributed by atoms with Gasteiger partial charge in [-0.3, -0.25) is 14.3 Å². The zero-order valence-electron chi connectivity index (χ0n) is 9.72. The van der Waals surface area contributed by atoms with Crippen molar-refractivity contribution in [3.05, 3.63) is 16.7 Å². The van der Waals surface area contributed by atoms with Gasteiger partial charge in [-0.1, -0.05) is 0 Å². The topological polar surface area (TPSA) is 133 Å². The number of aromatic nitrogens is 4. The lowest BCUT2D eigenvalue weighted by atomic mass is 10.2. The highest BCUT2D eigenvalue weighted by molar-refractivity contribution is 5.69. The number of hydrogen-bond donors (Lipinski definition) is 4. The fraction of sp³-hybridized carbons (Fsp3) is 0.500. The number of ether oxygens (including phenoxy) is 1. The lowest BCUT2D eigenvalue weighted by molar-refractivity contribution is -0.0432. The Morgan fingerprint density at radius 2 is 2.37 bits per heavy atom. The molecule has 0 radical (unpaired) electrons. The Kier molecular flexibility index (Phi) is 2.73. The van der Waals surface area contributed by atoms with E-state index in [1.807, 2.05) is 0 Å². The number of fused-ring (bicyclic) bond motifs is 1. The van der Waals surface area contributed by atoms with Gasteiger partial charge in [-0.05, 0) is 0 Å². The van der Waals surface area contributed by atoms with Crippen molar-refractivity contribution in [1.29, 1.82) is 0 Å². The van der Waals surface area contributed by atoms with Gasteiger partial charge in [0.15, 0.2) is 11.2 Å². The van der Waals surface area contributed by atoms with E-state index in [0.29, 0.717) is 0 Å². The van der Waals surface area contributed by atoms with Gasteiger partial charge in [0, 0.05) is 6.42 Å². The van der Waals surface area contributed by atoms with Gasteiger partial charge in [-0.2, -0.15) is 4.98 Å². The number of aliphatic hydroxyl groups is 2. The number of aromatic hydroxyl groups is 1. The molecule has 0 aliphatic carbocycles. The van der Waals surface area contributed by atoms with Crippen molar-refractivity contribution in [2.45, 2.75) is 24.9 Å². The number of aromatic amines is 1. The van der Waals surface area contributed by atoms with E-state index in [-0.39, 0.29) is 24.2 Å². The number of nitrogens with one attached hydrogen (secondary N) is 1. The van der Waals surface area contributed by atoms with Crippen LogP contribution in [-0.4, -0.2) is 53.7 Å². The van der Waals surface area contributed by atoms with E-state index < -0.39 is 30.0 Å². The molecule has 0 saturated carbocycles. The summed E-state index contributed by atoms with van der Waals surface area (Å²) >= 11 is 0. The number of hydrogen-bond acceptors (Lipinski definition) is 7. The van der Waals surface area contributed by atoms with Crippen molar-refractivity contribution in [2.75, 3.05) is 6.61 Å². The quantitative estimate of drug-likeness (QED) is 0.519. The predicted octanol–water partition coefficient (Wildman–Crippen LogP) is -1.53. The lowest BCUT2D eigenvalue weighted by Gasteiger charge is -2.13. The SMILES string of the molecule is O=c1[nH]c(O)nc2c1ncn2[C@H]1C[C@@H](O)C(CO)O1. The van der Waals surface area contributed by atoms with Crippen molar-refractivity contribution in [2.24, 2.45) is 0 Å². The van der Waals surface area contributed by atoms with Gasteiger partial charge in [-0.15, -0.1) is 0 Å². The van der Waals surface area contributed by atoms with Crippen molar-refractivity contribution >= 4 is 11.2 Å². The molecule has 102 valence electrons. The Morgan fingerprint density at radius 1 is 1.58 bits per heavy atom. The monoisotopic (exact) mass is 268 g/mol. The number of aliphatic hydroxyl groups excluding tert-OH is 2. The van der Waals surface area contributed by atoms with Crippen molar-refractivity contribution in [3.63, 3.8) is 0 Å². The Labute approximate surface area is 106 Å². The second-order valence-electron chi connectivity index (χ2n) is 4.33. The minimum Gasteiger partial charge on any atom is -0.480 e. The lowest BCUT2D eigenvalue weighted by Crippen LogP contribution is -2.24. The summed E-state index contributed by atoms with van der Waals surface area (Å²) in [5.41, 5.74) is -0.320. The molecule has 9 nitrogen and oxygen atoms in total. The minimum absolute atomic E-state index is 0.0725. The van der Waals surface area contributed by atoms with Crippen LogP contribution in [0.2, 0.25) is 0 Å². The third-order valence-corrected chi connectivity index (χ3v) is 3.11. The molecule has 2 aromatic rings. The van der Waals surface area contributed by atoms with Gasteiger partial charge in [-0.25, -0.2) is 4.98 Å². The summed E-state index contributed by atoms with van der Waals surface area (Å²) < 4.78 is 6.89. The summed E-state index contributed by atoms with van der Waals surface area (Å²) in [6.45, 7) is -0.302. The molecule has 1 fully saturated rings. The fourth-order valence-corrected chi connectivity index (χ4v) is 2.18. The number of nitrogens with zero attached hydrogens (tertiary/aromatic N) is 3. The molecule has 19 heavy (non-hydrogen) atoms. The fourth-order valence-electron chi connectivity index (χ4n) is 2.18. The molecule has 1 aliphatic heterocycles. The van der Waals surface area contributed by atoms with Gasteiger partial charge in [0.25, 0.3) is 11.6 Å². The van der Waals surface area contributed by atoms with E-state index in [0.717, 1.165) is 0 Å². The maximum atomic E-state index is 11.6. The Bertz CT molecular complexity index is 665. The largest absolute Gasteiger partial charge is 0.480 e. The van der Waals surface area contributed by atoms with Crippen LogP contribution in [0, 0.1) is 0 Å². The minimum atomic E-state index is -0.803. The molecule has 3 rings (SSSR count). The molecule has 9 heteroatoms. The van der Waals surface area contributed by atoms with Crippen LogP contribution in [0.3, 0.4) is 0 Å². The molecule has 1 saturated heterocycles. The van der Waals surface area contributed by atoms with Gasteiger partial charge in [0.1, 0.15) is 12.3 Å². The average molecular weight is 268 g/mol. The standard InChI is InChI=1S/C10H12N4O5/c15-2-5-4(16)1-6(19-5)14-3-11-7-8(14)12-10(18)13-9(7)17/h3-6,15-16H,1-2H2,(H2,12,13,17,18)/t4-,5?,6-/m1/s1. The van der Waals surface area contributed by atoms with Gasteiger partial charge in [0.2, 0.25) is 0 Å². The molecule has 1 unspecified atom stereocenters. The summed E-state index contributed by atoms with van der Waals surface area (Å²) in [6, 6.07) is -0.517. The first-order valence-corrected chi connectivity index (χ1v) is 5.70. The molecule has 0 amide bonds. The third-order valence-electron chi connectivity index (χ3n) is 3.11. The molecule has 3 heterocycles. The van der Waals surface area contributed by atoms with Crippen molar-refractivity contribution in [3.8, 4) is 6.01 Å². The van der Waals surface area contributed by atoms with E-state index in [1.165, 1.54) is 10.9 Å². The summed E-state index contributed by atoms with van der Waals surface area (Å²) in [5.74, 6) is 0. The van der Waals surface area contributed by atoms with E-state index in [1.54, 1.807) is 0 Å². The Balaban J connectivity index is 2.05. The molecule has 0 aromatic carbocycles. The molecule has 1 aliphatic rings. The van der Waals surface area contributed by atoms with Crippen LogP contribution in [0.1, 0.15) is 12.6 Å². The Hall–Kier alpha value is -1.97.